The van der Waals surface area contributed by atoms with Gasteiger partial charge in [0.2, 0.25) is 0 Å². The van der Waals surface area contributed by atoms with Gasteiger partial charge in [0.1, 0.15) is 10.0 Å². The molecule has 0 radical (unpaired) electrons. The molecule has 0 bridgehead atoms. The van der Waals surface area contributed by atoms with Crippen molar-refractivity contribution < 1.29 is 9.47 Å². The summed E-state index contributed by atoms with van der Waals surface area (Å²) in [5.74, 6) is 1.42. The lowest BCUT2D eigenvalue weighted by molar-refractivity contribution is 0.355. The van der Waals surface area contributed by atoms with Gasteiger partial charge in [0, 0.05) is 24.6 Å². The van der Waals surface area contributed by atoms with E-state index in [0.717, 1.165) is 28.5 Å². The van der Waals surface area contributed by atoms with Crippen LogP contribution in [0.3, 0.4) is 0 Å². The predicted octanol–water partition coefficient (Wildman–Crippen LogP) is 2.76. The second-order valence-corrected chi connectivity index (χ2v) is 5.99. The highest BCUT2D eigenvalue weighted by Gasteiger charge is 2.10. The summed E-state index contributed by atoms with van der Waals surface area (Å²) in [7, 11) is 3.26. The average Bonchev–Trinajstić information content (AvgIpc) is 2.95. The fraction of sp³-hybridized carbons (Fsp3) is 0.467. The predicted molar refractivity (Wildman–Crippen MR) is 85.3 cm³/mol. The zero-order valence-electron chi connectivity index (χ0n) is 12.8. The van der Waals surface area contributed by atoms with Crippen LogP contribution in [0.5, 0.6) is 11.5 Å². The summed E-state index contributed by atoms with van der Waals surface area (Å²) in [5.41, 5.74) is 0.994. The van der Waals surface area contributed by atoms with Gasteiger partial charge in [-0.05, 0) is 18.2 Å². The summed E-state index contributed by atoms with van der Waals surface area (Å²) in [6.45, 7) is 5.18. The van der Waals surface area contributed by atoms with Gasteiger partial charge < -0.3 is 14.8 Å². The molecule has 1 aromatic heterocycles. The standard InChI is InChI=1S/C15H21N3O2S/c1-10(2)16-8-7-14-17-18-15(21-14)11-5-6-12(19-3)13(9-11)20-4/h5-6,9-10,16H,7-8H2,1-4H3. The molecule has 0 aliphatic carbocycles. The number of nitrogens with zero attached hydrogens (tertiary/aromatic N) is 2. The third-order valence-electron chi connectivity index (χ3n) is 2.99. The normalized spacial score (nSPS) is 10.9. The molecule has 0 saturated carbocycles. The number of hydrogen-bond acceptors (Lipinski definition) is 6. The van der Waals surface area contributed by atoms with Gasteiger partial charge in [0.25, 0.3) is 0 Å². The van der Waals surface area contributed by atoms with Crippen LogP contribution in [0.2, 0.25) is 0 Å². The minimum atomic E-state index is 0.489. The van der Waals surface area contributed by atoms with Gasteiger partial charge in [-0.3, -0.25) is 0 Å². The summed E-state index contributed by atoms with van der Waals surface area (Å²) in [6, 6.07) is 6.27. The topological polar surface area (TPSA) is 56.3 Å². The second kappa shape index (κ2) is 7.38. The molecule has 0 aliphatic heterocycles. The number of methoxy groups -OCH3 is 2. The van der Waals surface area contributed by atoms with Gasteiger partial charge in [-0.1, -0.05) is 25.2 Å². The van der Waals surface area contributed by atoms with Crippen LogP contribution >= 0.6 is 11.3 Å². The molecule has 0 saturated heterocycles. The Morgan fingerprint density at radius 3 is 2.57 bits per heavy atom. The molecule has 0 aliphatic rings. The van der Waals surface area contributed by atoms with Crippen molar-refractivity contribution in [1.82, 2.24) is 15.5 Å². The van der Waals surface area contributed by atoms with Crippen molar-refractivity contribution >= 4 is 11.3 Å². The Bertz CT molecular complexity index is 584. The molecular formula is C15H21N3O2S. The number of ether oxygens (including phenoxy) is 2. The first-order valence-electron chi connectivity index (χ1n) is 6.92. The molecule has 2 aromatic rings. The van der Waals surface area contributed by atoms with Crippen molar-refractivity contribution in [2.24, 2.45) is 0 Å². The summed E-state index contributed by atoms with van der Waals surface area (Å²) < 4.78 is 10.6. The molecule has 0 spiro atoms. The van der Waals surface area contributed by atoms with Crippen LogP contribution in [-0.4, -0.2) is 37.0 Å². The van der Waals surface area contributed by atoms with E-state index >= 15 is 0 Å². The minimum Gasteiger partial charge on any atom is -0.493 e. The van der Waals surface area contributed by atoms with E-state index in [1.807, 2.05) is 18.2 Å². The zero-order chi connectivity index (χ0) is 15.2. The molecule has 0 fully saturated rings. The van der Waals surface area contributed by atoms with Crippen LogP contribution in [0.1, 0.15) is 18.9 Å². The number of aromatic nitrogens is 2. The first kappa shape index (κ1) is 15.7. The highest BCUT2D eigenvalue weighted by molar-refractivity contribution is 7.14. The molecule has 2 rings (SSSR count). The molecule has 1 heterocycles. The Morgan fingerprint density at radius 2 is 1.90 bits per heavy atom. The Hall–Kier alpha value is -1.66. The zero-order valence-corrected chi connectivity index (χ0v) is 13.7. The maximum atomic E-state index is 5.32. The van der Waals surface area contributed by atoms with E-state index in [1.54, 1.807) is 25.6 Å². The quantitative estimate of drug-likeness (QED) is 0.852. The van der Waals surface area contributed by atoms with Gasteiger partial charge in [0.15, 0.2) is 11.5 Å². The second-order valence-electron chi connectivity index (χ2n) is 4.93. The average molecular weight is 307 g/mol. The van der Waals surface area contributed by atoms with E-state index in [0.29, 0.717) is 17.5 Å². The van der Waals surface area contributed by atoms with Gasteiger partial charge in [0.05, 0.1) is 14.2 Å². The fourth-order valence-electron chi connectivity index (χ4n) is 1.91. The molecule has 0 amide bonds. The fourth-order valence-corrected chi connectivity index (χ4v) is 2.74. The summed E-state index contributed by atoms with van der Waals surface area (Å²) in [6.07, 6.45) is 0.892. The maximum absolute atomic E-state index is 5.32. The number of benzene rings is 1. The molecule has 21 heavy (non-hydrogen) atoms. The molecule has 5 nitrogen and oxygen atoms in total. The molecule has 6 heteroatoms. The molecule has 114 valence electrons. The summed E-state index contributed by atoms with van der Waals surface area (Å²) in [5, 5.41) is 13.8. The van der Waals surface area contributed by atoms with Crippen LogP contribution in [0.15, 0.2) is 18.2 Å². The lowest BCUT2D eigenvalue weighted by Crippen LogP contribution is -2.24. The van der Waals surface area contributed by atoms with Crippen molar-refractivity contribution in [3.05, 3.63) is 23.2 Å². The van der Waals surface area contributed by atoms with Crippen LogP contribution < -0.4 is 14.8 Å². The molecular weight excluding hydrogens is 286 g/mol. The van der Waals surface area contributed by atoms with E-state index in [1.165, 1.54) is 0 Å². The van der Waals surface area contributed by atoms with E-state index in [2.05, 4.69) is 29.4 Å². The Kier molecular flexibility index (Phi) is 5.52. The lowest BCUT2D eigenvalue weighted by atomic mass is 10.2. The number of hydrogen-bond donors (Lipinski definition) is 1. The third-order valence-corrected chi connectivity index (χ3v) is 4.02. The molecule has 0 atom stereocenters. The Balaban J connectivity index is 2.10. The largest absolute Gasteiger partial charge is 0.493 e. The van der Waals surface area contributed by atoms with Crippen molar-refractivity contribution in [2.75, 3.05) is 20.8 Å². The molecule has 1 aromatic carbocycles. The van der Waals surface area contributed by atoms with Gasteiger partial charge in [-0.25, -0.2) is 0 Å². The van der Waals surface area contributed by atoms with Crippen LogP contribution in [0.4, 0.5) is 0 Å². The summed E-state index contributed by atoms with van der Waals surface area (Å²) in [4.78, 5) is 0. The van der Waals surface area contributed by atoms with Gasteiger partial charge in [-0.15, -0.1) is 10.2 Å². The first-order chi connectivity index (χ1) is 10.1. The van der Waals surface area contributed by atoms with Gasteiger partial charge in [-0.2, -0.15) is 0 Å². The van der Waals surface area contributed by atoms with Crippen molar-refractivity contribution in [2.45, 2.75) is 26.3 Å². The smallest absolute Gasteiger partial charge is 0.161 e. The first-order valence-corrected chi connectivity index (χ1v) is 7.74. The third kappa shape index (κ3) is 4.15. The number of nitrogens with one attached hydrogen (secondary N) is 1. The van der Waals surface area contributed by atoms with Crippen molar-refractivity contribution in [3.63, 3.8) is 0 Å². The highest BCUT2D eigenvalue weighted by atomic mass is 32.1. The minimum absolute atomic E-state index is 0.489. The van der Waals surface area contributed by atoms with Crippen LogP contribution in [0, 0.1) is 0 Å². The summed E-state index contributed by atoms with van der Waals surface area (Å²) >= 11 is 1.61. The van der Waals surface area contributed by atoms with Crippen molar-refractivity contribution in [3.8, 4) is 22.1 Å². The van der Waals surface area contributed by atoms with E-state index in [-0.39, 0.29) is 0 Å². The van der Waals surface area contributed by atoms with E-state index < -0.39 is 0 Å². The lowest BCUT2D eigenvalue weighted by Gasteiger charge is -2.07. The van der Waals surface area contributed by atoms with Crippen molar-refractivity contribution in [1.29, 1.82) is 0 Å². The SMILES string of the molecule is COc1ccc(-c2nnc(CCNC(C)C)s2)cc1OC. The van der Waals surface area contributed by atoms with E-state index in [9.17, 15) is 0 Å². The monoisotopic (exact) mass is 307 g/mol. The molecule has 0 unspecified atom stereocenters. The Labute approximate surface area is 129 Å². The maximum Gasteiger partial charge on any atom is 0.161 e. The highest BCUT2D eigenvalue weighted by Crippen LogP contribution is 2.33. The van der Waals surface area contributed by atoms with Crippen LogP contribution in [0.25, 0.3) is 10.6 Å². The Morgan fingerprint density at radius 1 is 1.14 bits per heavy atom. The number of rotatable bonds is 7. The van der Waals surface area contributed by atoms with Gasteiger partial charge >= 0.3 is 0 Å². The van der Waals surface area contributed by atoms with Crippen LogP contribution in [-0.2, 0) is 6.42 Å². The molecule has 1 N–H and O–H groups in total. The van der Waals surface area contributed by atoms with E-state index in [4.69, 9.17) is 9.47 Å².